The number of carboxylic acid groups (broad SMARTS) is 1. The molecule has 0 unspecified atom stereocenters. The molecule has 0 atom stereocenters. The van der Waals surface area contributed by atoms with Crippen LogP contribution in [0.2, 0.25) is 0 Å². The largest absolute Gasteiger partial charge is 0.476 e. The molecule has 1 aromatic heterocycles. The molecule has 0 aliphatic heterocycles. The number of aromatic carboxylic acids is 1. The van der Waals surface area contributed by atoms with E-state index in [1.165, 1.54) is 11.3 Å². The van der Waals surface area contributed by atoms with Crippen LogP contribution in [0, 0.1) is 0 Å². The molecule has 1 aliphatic rings. The van der Waals surface area contributed by atoms with Gasteiger partial charge in [0.25, 0.3) is 0 Å². The van der Waals surface area contributed by atoms with Crippen molar-refractivity contribution in [2.45, 2.75) is 32.1 Å². The lowest BCUT2D eigenvalue weighted by atomic mass is 9.91. The van der Waals surface area contributed by atoms with Crippen LogP contribution in [0.1, 0.15) is 40.6 Å². The summed E-state index contributed by atoms with van der Waals surface area (Å²) in [5.74, 6) is -0.907. The Bertz CT molecular complexity index is 368. The van der Waals surface area contributed by atoms with Crippen molar-refractivity contribution in [2.75, 3.05) is 0 Å². The maximum atomic E-state index is 10.7. The van der Waals surface area contributed by atoms with Crippen molar-refractivity contribution in [1.29, 1.82) is 0 Å². The van der Waals surface area contributed by atoms with Crippen LogP contribution in [-0.4, -0.2) is 16.1 Å². The van der Waals surface area contributed by atoms with E-state index in [0.29, 0.717) is 0 Å². The summed E-state index contributed by atoms with van der Waals surface area (Å²) in [6.45, 7) is 4.23. The van der Waals surface area contributed by atoms with Crippen LogP contribution in [0.15, 0.2) is 0 Å². The first kappa shape index (κ1) is 8.69. The minimum absolute atomic E-state index is 0.0690. The Morgan fingerprint density at radius 1 is 1.62 bits per heavy atom. The summed E-state index contributed by atoms with van der Waals surface area (Å²) in [5.41, 5.74) is 1.06. The number of hydrogen-bond donors (Lipinski definition) is 1. The van der Waals surface area contributed by atoms with Crippen LogP contribution in [-0.2, 0) is 11.8 Å². The number of rotatable bonds is 1. The maximum absolute atomic E-state index is 10.7. The second-order valence-corrected chi connectivity index (χ2v) is 5.06. The summed E-state index contributed by atoms with van der Waals surface area (Å²) in [7, 11) is 0. The number of carbonyl (C=O) groups is 1. The predicted molar refractivity (Wildman–Crippen MR) is 50.4 cm³/mol. The fourth-order valence-corrected chi connectivity index (χ4v) is 2.77. The van der Waals surface area contributed by atoms with Gasteiger partial charge in [0, 0.05) is 10.3 Å². The summed E-state index contributed by atoms with van der Waals surface area (Å²) >= 11 is 1.32. The van der Waals surface area contributed by atoms with Gasteiger partial charge in [0.05, 0.1) is 5.69 Å². The van der Waals surface area contributed by atoms with Crippen molar-refractivity contribution in [1.82, 2.24) is 4.98 Å². The van der Waals surface area contributed by atoms with Crippen LogP contribution < -0.4 is 0 Å². The predicted octanol–water partition coefficient (Wildman–Crippen LogP) is 2.07. The van der Waals surface area contributed by atoms with E-state index < -0.39 is 5.97 Å². The monoisotopic (exact) mass is 197 g/mol. The molecule has 0 fully saturated rings. The van der Waals surface area contributed by atoms with Crippen molar-refractivity contribution in [3.05, 3.63) is 15.6 Å². The Hall–Kier alpha value is -0.900. The molecule has 0 bridgehead atoms. The van der Waals surface area contributed by atoms with Crippen molar-refractivity contribution < 1.29 is 9.90 Å². The molecule has 4 heteroatoms. The second kappa shape index (κ2) is 2.54. The van der Waals surface area contributed by atoms with Gasteiger partial charge in [-0.05, 0) is 12.8 Å². The number of fused-ring (bicyclic) bond motifs is 1. The first-order valence-corrected chi connectivity index (χ1v) is 5.06. The number of hydrogen-bond acceptors (Lipinski definition) is 3. The Kier molecular flexibility index (Phi) is 1.70. The van der Waals surface area contributed by atoms with Gasteiger partial charge in [0.2, 0.25) is 5.01 Å². The number of aryl methyl sites for hydroxylation is 1. The summed E-state index contributed by atoms with van der Waals surface area (Å²) in [6, 6.07) is 0. The van der Waals surface area contributed by atoms with Crippen molar-refractivity contribution in [3.8, 4) is 0 Å². The van der Waals surface area contributed by atoms with Gasteiger partial charge >= 0.3 is 5.97 Å². The molecule has 3 nitrogen and oxygen atoms in total. The first-order chi connectivity index (χ1) is 6.00. The topological polar surface area (TPSA) is 50.2 Å². The normalized spacial score (nSPS) is 18.6. The fraction of sp³-hybridized carbons (Fsp3) is 0.556. The molecule has 1 heterocycles. The van der Waals surface area contributed by atoms with Crippen molar-refractivity contribution in [3.63, 3.8) is 0 Å². The van der Waals surface area contributed by atoms with E-state index in [0.717, 1.165) is 23.4 Å². The zero-order valence-electron chi connectivity index (χ0n) is 7.63. The van der Waals surface area contributed by atoms with Gasteiger partial charge in [-0.3, -0.25) is 0 Å². The number of carboxylic acids is 1. The summed E-state index contributed by atoms with van der Waals surface area (Å²) in [4.78, 5) is 16.0. The molecule has 70 valence electrons. The Labute approximate surface area is 80.4 Å². The quantitative estimate of drug-likeness (QED) is 0.749. The summed E-state index contributed by atoms with van der Waals surface area (Å²) in [5, 5.41) is 8.99. The minimum atomic E-state index is -0.907. The Morgan fingerprint density at radius 2 is 2.31 bits per heavy atom. The van der Waals surface area contributed by atoms with Crippen LogP contribution in [0.3, 0.4) is 0 Å². The Balaban J connectivity index is 2.48. The lowest BCUT2D eigenvalue weighted by molar-refractivity contribution is 0.0696. The molecule has 1 aromatic rings. The molecule has 1 N–H and O–H groups in total. The summed E-state index contributed by atoms with van der Waals surface area (Å²) < 4.78 is 0. The van der Waals surface area contributed by atoms with Gasteiger partial charge in [-0.2, -0.15) is 0 Å². The van der Waals surface area contributed by atoms with Gasteiger partial charge < -0.3 is 5.11 Å². The van der Waals surface area contributed by atoms with E-state index in [4.69, 9.17) is 5.11 Å². The molecule has 1 aliphatic carbocycles. The Morgan fingerprint density at radius 3 is 2.85 bits per heavy atom. The molecule has 0 spiro atoms. The van der Waals surface area contributed by atoms with E-state index >= 15 is 0 Å². The van der Waals surface area contributed by atoms with Crippen molar-refractivity contribution >= 4 is 17.3 Å². The van der Waals surface area contributed by atoms with Crippen LogP contribution >= 0.6 is 11.3 Å². The van der Waals surface area contributed by atoms with Gasteiger partial charge in [0.15, 0.2) is 0 Å². The average Bonchev–Trinajstić information content (AvgIpc) is 2.53. The average molecular weight is 197 g/mol. The minimum Gasteiger partial charge on any atom is -0.476 e. The second-order valence-electron chi connectivity index (χ2n) is 3.98. The third-order valence-corrected chi connectivity index (χ3v) is 3.60. The fourth-order valence-electron chi connectivity index (χ4n) is 1.69. The van der Waals surface area contributed by atoms with Crippen LogP contribution in [0.25, 0.3) is 0 Å². The highest BCUT2D eigenvalue weighted by Gasteiger charge is 2.34. The third kappa shape index (κ3) is 1.25. The molecule has 2 rings (SSSR count). The van der Waals surface area contributed by atoms with Crippen molar-refractivity contribution in [2.24, 2.45) is 0 Å². The SMILES string of the molecule is CC1(C)CCc2sc(C(=O)O)nc21. The molecule has 0 radical (unpaired) electrons. The molecular formula is C9H11NO2S. The molecule has 0 amide bonds. The highest BCUT2D eigenvalue weighted by Crippen LogP contribution is 2.40. The maximum Gasteiger partial charge on any atom is 0.365 e. The molecule has 0 saturated carbocycles. The lowest BCUT2D eigenvalue weighted by Gasteiger charge is -2.15. The molecular weight excluding hydrogens is 186 g/mol. The highest BCUT2D eigenvalue weighted by molar-refractivity contribution is 7.13. The molecule has 0 saturated heterocycles. The highest BCUT2D eigenvalue weighted by atomic mass is 32.1. The lowest BCUT2D eigenvalue weighted by Crippen LogP contribution is -2.13. The van der Waals surface area contributed by atoms with E-state index in [9.17, 15) is 4.79 Å². The van der Waals surface area contributed by atoms with Gasteiger partial charge in [-0.1, -0.05) is 13.8 Å². The zero-order valence-corrected chi connectivity index (χ0v) is 8.44. The molecule has 13 heavy (non-hydrogen) atoms. The number of aromatic nitrogens is 1. The first-order valence-electron chi connectivity index (χ1n) is 4.24. The third-order valence-electron chi connectivity index (χ3n) is 2.50. The molecule has 0 aromatic carbocycles. The zero-order chi connectivity index (χ0) is 9.64. The number of thiazole rings is 1. The van der Waals surface area contributed by atoms with Gasteiger partial charge in [0.1, 0.15) is 0 Å². The number of nitrogens with zero attached hydrogens (tertiary/aromatic N) is 1. The van der Waals surface area contributed by atoms with E-state index in [2.05, 4.69) is 18.8 Å². The van der Waals surface area contributed by atoms with E-state index in [1.807, 2.05) is 0 Å². The van der Waals surface area contributed by atoms with Crippen LogP contribution in [0.5, 0.6) is 0 Å². The van der Waals surface area contributed by atoms with Gasteiger partial charge in [-0.25, -0.2) is 9.78 Å². The van der Waals surface area contributed by atoms with E-state index in [-0.39, 0.29) is 10.4 Å². The van der Waals surface area contributed by atoms with E-state index in [1.54, 1.807) is 0 Å². The van der Waals surface area contributed by atoms with Crippen LogP contribution in [0.4, 0.5) is 0 Å². The smallest absolute Gasteiger partial charge is 0.365 e. The summed E-state index contributed by atoms with van der Waals surface area (Å²) in [6.07, 6.45) is 2.06. The van der Waals surface area contributed by atoms with Gasteiger partial charge in [-0.15, -0.1) is 11.3 Å². The standard InChI is InChI=1S/C9H11NO2S/c1-9(2)4-3-5-6(9)10-7(13-5)8(11)12/h3-4H2,1-2H3,(H,11,12).